The minimum absolute atomic E-state index is 0.117. The lowest BCUT2D eigenvalue weighted by molar-refractivity contribution is -0.113. The Labute approximate surface area is 145 Å². The van der Waals surface area contributed by atoms with Gasteiger partial charge in [0.1, 0.15) is 17.4 Å². The number of carbonyl (C=O) groups is 1. The molecule has 0 unspecified atom stereocenters. The Morgan fingerprint density at radius 1 is 1.26 bits per heavy atom. The van der Waals surface area contributed by atoms with Crippen molar-refractivity contribution in [2.24, 2.45) is 0 Å². The lowest BCUT2D eigenvalue weighted by atomic mass is 10.2. The first-order valence-corrected chi connectivity index (χ1v) is 8.59. The van der Waals surface area contributed by atoms with E-state index in [9.17, 15) is 13.6 Å². The molecular formula is C16H14BrF2NO2S. The summed E-state index contributed by atoms with van der Waals surface area (Å²) in [4.78, 5) is 11.8. The smallest absolute Gasteiger partial charge is 0.234 e. The summed E-state index contributed by atoms with van der Waals surface area (Å²) in [7, 11) is 1.58. The van der Waals surface area contributed by atoms with Gasteiger partial charge in [0, 0.05) is 21.9 Å². The number of methoxy groups -OCH3 is 1. The van der Waals surface area contributed by atoms with E-state index in [0.29, 0.717) is 5.75 Å². The molecule has 0 radical (unpaired) electrons. The van der Waals surface area contributed by atoms with Gasteiger partial charge in [0.25, 0.3) is 0 Å². The van der Waals surface area contributed by atoms with Crippen molar-refractivity contribution in [2.45, 2.75) is 5.75 Å². The number of anilines is 1. The quantitative estimate of drug-likeness (QED) is 0.767. The van der Waals surface area contributed by atoms with E-state index < -0.39 is 17.5 Å². The Balaban J connectivity index is 1.90. The monoisotopic (exact) mass is 401 g/mol. The van der Waals surface area contributed by atoms with Gasteiger partial charge in [-0.1, -0.05) is 15.9 Å². The third-order valence-corrected chi connectivity index (χ3v) is 4.41. The van der Waals surface area contributed by atoms with E-state index in [4.69, 9.17) is 4.74 Å². The summed E-state index contributed by atoms with van der Waals surface area (Å²) in [6.45, 7) is 0. The van der Waals surface area contributed by atoms with Crippen LogP contribution in [0.25, 0.3) is 0 Å². The van der Waals surface area contributed by atoms with E-state index in [1.165, 1.54) is 11.8 Å². The van der Waals surface area contributed by atoms with Crippen molar-refractivity contribution in [3.8, 4) is 5.75 Å². The predicted octanol–water partition coefficient (Wildman–Crippen LogP) is 4.61. The second-order valence-corrected chi connectivity index (χ2v) is 6.52. The summed E-state index contributed by atoms with van der Waals surface area (Å²) in [5, 5.41) is 2.36. The fourth-order valence-corrected chi connectivity index (χ4v) is 3.11. The molecule has 1 N–H and O–H groups in total. The van der Waals surface area contributed by atoms with E-state index >= 15 is 0 Å². The zero-order valence-electron chi connectivity index (χ0n) is 12.2. The fraction of sp³-hybridized carbons (Fsp3) is 0.188. The van der Waals surface area contributed by atoms with Crippen molar-refractivity contribution in [1.29, 1.82) is 0 Å². The topological polar surface area (TPSA) is 38.3 Å². The Morgan fingerprint density at radius 3 is 2.78 bits per heavy atom. The molecule has 0 saturated heterocycles. The van der Waals surface area contributed by atoms with Gasteiger partial charge in [-0.2, -0.15) is 0 Å². The lowest BCUT2D eigenvalue weighted by Gasteiger charge is -2.09. The number of benzene rings is 2. The minimum atomic E-state index is -0.668. The van der Waals surface area contributed by atoms with Crippen LogP contribution in [0.3, 0.4) is 0 Å². The molecular weight excluding hydrogens is 388 g/mol. The molecule has 2 rings (SSSR count). The molecule has 2 aromatic carbocycles. The third kappa shape index (κ3) is 5.21. The molecule has 0 aliphatic rings. The van der Waals surface area contributed by atoms with Crippen molar-refractivity contribution in [1.82, 2.24) is 0 Å². The van der Waals surface area contributed by atoms with Crippen LogP contribution in [-0.4, -0.2) is 18.8 Å². The summed E-state index contributed by atoms with van der Waals surface area (Å²) in [5.74, 6) is -0.259. The Bertz CT molecular complexity index is 712. The van der Waals surface area contributed by atoms with Crippen molar-refractivity contribution in [3.63, 3.8) is 0 Å². The fourth-order valence-electron chi connectivity index (χ4n) is 1.89. The van der Waals surface area contributed by atoms with Crippen LogP contribution in [0.5, 0.6) is 5.75 Å². The molecule has 3 nitrogen and oxygen atoms in total. The van der Waals surface area contributed by atoms with Crippen LogP contribution in [0.4, 0.5) is 14.5 Å². The number of hydrogen-bond acceptors (Lipinski definition) is 3. The molecule has 0 fully saturated rings. The standard InChI is InChI=1S/C16H14BrF2NO2S/c1-22-15-5-2-11(17)6-10(15)8-23-9-16(21)20-14-7-12(18)3-4-13(14)19/h2-7H,8-9H2,1H3,(H,20,21). The first-order chi connectivity index (χ1) is 11.0. The highest BCUT2D eigenvalue weighted by atomic mass is 79.9. The van der Waals surface area contributed by atoms with Crippen LogP contribution in [0.1, 0.15) is 5.56 Å². The van der Waals surface area contributed by atoms with Crippen molar-refractivity contribution in [3.05, 3.63) is 58.1 Å². The predicted molar refractivity (Wildman–Crippen MR) is 91.8 cm³/mol. The van der Waals surface area contributed by atoms with Crippen LogP contribution in [0.2, 0.25) is 0 Å². The Morgan fingerprint density at radius 2 is 2.04 bits per heavy atom. The summed E-state index contributed by atoms with van der Waals surface area (Å²) in [6, 6.07) is 8.55. The first kappa shape index (κ1) is 17.7. The third-order valence-electron chi connectivity index (χ3n) is 2.94. The number of halogens is 3. The van der Waals surface area contributed by atoms with E-state index in [0.717, 1.165) is 34.0 Å². The number of ether oxygens (including phenoxy) is 1. The van der Waals surface area contributed by atoms with Gasteiger partial charge >= 0.3 is 0 Å². The maximum Gasteiger partial charge on any atom is 0.234 e. The highest BCUT2D eigenvalue weighted by Gasteiger charge is 2.10. The van der Waals surface area contributed by atoms with Crippen molar-refractivity contribution < 1.29 is 18.3 Å². The van der Waals surface area contributed by atoms with Crippen molar-refractivity contribution >= 4 is 39.3 Å². The second-order valence-electron chi connectivity index (χ2n) is 4.62. The molecule has 2 aromatic rings. The molecule has 0 heterocycles. The molecule has 7 heteroatoms. The number of carbonyl (C=O) groups excluding carboxylic acids is 1. The van der Waals surface area contributed by atoms with Gasteiger partial charge in [-0.15, -0.1) is 11.8 Å². The SMILES string of the molecule is COc1ccc(Br)cc1CSCC(=O)Nc1cc(F)ccc1F. The largest absolute Gasteiger partial charge is 0.496 e. The van der Waals surface area contributed by atoms with Gasteiger partial charge in [0.2, 0.25) is 5.91 Å². The normalized spacial score (nSPS) is 10.4. The van der Waals surface area contributed by atoms with Gasteiger partial charge in [0.15, 0.2) is 0 Å². The van der Waals surface area contributed by atoms with E-state index in [1.54, 1.807) is 7.11 Å². The number of amides is 1. The molecule has 0 spiro atoms. The zero-order chi connectivity index (χ0) is 16.8. The van der Waals surface area contributed by atoms with E-state index in [2.05, 4.69) is 21.2 Å². The van der Waals surface area contributed by atoms with Crippen LogP contribution >= 0.6 is 27.7 Å². The summed E-state index contributed by atoms with van der Waals surface area (Å²) >= 11 is 4.74. The van der Waals surface area contributed by atoms with Crippen LogP contribution in [0.15, 0.2) is 40.9 Å². The maximum absolute atomic E-state index is 13.5. The van der Waals surface area contributed by atoms with E-state index in [-0.39, 0.29) is 11.4 Å². The molecule has 1 amide bonds. The minimum Gasteiger partial charge on any atom is -0.496 e. The second kappa shape index (κ2) is 8.31. The molecule has 0 bridgehead atoms. The molecule has 0 saturated carbocycles. The summed E-state index contributed by atoms with van der Waals surface area (Å²) in [6.07, 6.45) is 0. The molecule has 122 valence electrons. The molecule has 0 aromatic heterocycles. The zero-order valence-corrected chi connectivity index (χ0v) is 14.6. The number of rotatable bonds is 6. The molecule has 23 heavy (non-hydrogen) atoms. The molecule has 0 aliphatic heterocycles. The van der Waals surface area contributed by atoms with Gasteiger partial charge in [-0.25, -0.2) is 8.78 Å². The maximum atomic E-state index is 13.5. The number of nitrogens with one attached hydrogen (secondary N) is 1. The van der Waals surface area contributed by atoms with Gasteiger partial charge < -0.3 is 10.1 Å². The Kier molecular flexibility index (Phi) is 6.41. The van der Waals surface area contributed by atoms with Gasteiger partial charge in [-0.05, 0) is 30.3 Å². The highest BCUT2D eigenvalue weighted by molar-refractivity contribution is 9.10. The first-order valence-electron chi connectivity index (χ1n) is 6.64. The molecule has 0 atom stereocenters. The highest BCUT2D eigenvalue weighted by Crippen LogP contribution is 2.27. The van der Waals surface area contributed by atoms with Gasteiger partial charge in [0.05, 0.1) is 18.6 Å². The van der Waals surface area contributed by atoms with Crippen LogP contribution < -0.4 is 10.1 Å². The van der Waals surface area contributed by atoms with Crippen LogP contribution in [-0.2, 0) is 10.5 Å². The number of thioether (sulfide) groups is 1. The number of hydrogen-bond donors (Lipinski definition) is 1. The Hall–Kier alpha value is -1.60. The van der Waals surface area contributed by atoms with E-state index in [1.807, 2.05) is 18.2 Å². The van der Waals surface area contributed by atoms with Gasteiger partial charge in [-0.3, -0.25) is 4.79 Å². The van der Waals surface area contributed by atoms with Crippen molar-refractivity contribution in [2.75, 3.05) is 18.2 Å². The average Bonchev–Trinajstić information content (AvgIpc) is 2.51. The summed E-state index contributed by atoms with van der Waals surface area (Å²) < 4.78 is 32.7. The lowest BCUT2D eigenvalue weighted by Crippen LogP contribution is -2.15. The van der Waals surface area contributed by atoms with Crippen LogP contribution in [0, 0.1) is 11.6 Å². The molecule has 0 aliphatic carbocycles. The summed E-state index contributed by atoms with van der Waals surface area (Å²) in [5.41, 5.74) is 0.784. The average molecular weight is 402 g/mol.